The number of aryl methyl sites for hydroxylation is 2. The largest absolute Gasteiger partial charge is 0.458 e. The topological polar surface area (TPSA) is 24.9 Å². The monoisotopic (exact) mass is 904 g/mol. The third-order valence-electron chi connectivity index (χ3n) is 19.4. The number of fused-ring (bicyclic) bond motifs is 10. The smallest absolute Gasteiger partial charge is 0.268 e. The van der Waals surface area contributed by atoms with Crippen molar-refractivity contribution in [1.82, 2.24) is 0 Å². The van der Waals surface area contributed by atoms with Gasteiger partial charge in [0.1, 0.15) is 23.0 Å². The number of hydrogen-bond donors (Lipinski definition) is 0. The van der Waals surface area contributed by atoms with Crippen LogP contribution >= 0.6 is 35.2 Å². The quantitative estimate of drug-likeness (QED) is 0.129. The molecule has 1 aromatic heterocycles. The van der Waals surface area contributed by atoms with Gasteiger partial charge in [-0.2, -0.15) is 0 Å². The molecule has 0 N–H and O–H groups in total. The molecule has 4 nitrogen and oxygen atoms in total. The van der Waals surface area contributed by atoms with Crippen LogP contribution < -0.4 is 50.2 Å². The number of anilines is 4. The highest BCUT2D eigenvalue weighted by Crippen LogP contribution is 2.63. The van der Waals surface area contributed by atoms with Gasteiger partial charge in [-0.3, -0.25) is 8.61 Å². The second-order valence-electron chi connectivity index (χ2n) is 23.0. The maximum Gasteiger partial charge on any atom is 0.268 e. The predicted octanol–water partition coefficient (Wildman–Crippen LogP) is 11.2. The predicted molar refractivity (Wildman–Crippen MR) is 278 cm³/mol. The van der Waals surface area contributed by atoms with Crippen molar-refractivity contribution in [2.75, 3.05) is 21.1 Å². The van der Waals surface area contributed by atoms with Gasteiger partial charge in [-0.05, 0) is 253 Å². The number of thiophene rings is 1. The van der Waals surface area contributed by atoms with Crippen LogP contribution in [0.4, 0.5) is 22.7 Å². The second kappa shape index (κ2) is 13.0. The molecule has 0 unspecified atom stereocenters. The average molecular weight is 905 g/mol. The van der Waals surface area contributed by atoms with Gasteiger partial charge in [0.2, 0.25) is 0 Å². The van der Waals surface area contributed by atoms with Gasteiger partial charge in [0.05, 0.1) is 17.1 Å². The first-order valence-corrected chi connectivity index (χ1v) is 28.1. The van der Waals surface area contributed by atoms with Gasteiger partial charge in [0, 0.05) is 39.1 Å². The molecule has 0 saturated heterocycles. The number of hydrogen-bond acceptors (Lipinski definition) is 7. The molecule has 8 fully saturated rings. The molecule has 0 atom stereocenters. The molecule has 0 spiro atoms. The van der Waals surface area contributed by atoms with E-state index in [0.717, 1.165) is 58.5 Å². The Morgan fingerprint density at radius 1 is 0.538 bits per heavy atom. The fraction of sp³-hybridized carbons (Fsp3) is 0.429. The zero-order chi connectivity index (χ0) is 42.8. The lowest BCUT2D eigenvalue weighted by Gasteiger charge is -2.57. The molecule has 12 aliphatic rings. The summed E-state index contributed by atoms with van der Waals surface area (Å²) in [7, 11) is 0. The lowest BCUT2D eigenvalue weighted by molar-refractivity contribution is -0.00533. The van der Waals surface area contributed by atoms with Crippen molar-refractivity contribution in [3.8, 4) is 23.0 Å². The fourth-order valence-electron chi connectivity index (χ4n) is 17.5. The Morgan fingerprint density at radius 3 is 1.63 bits per heavy atom. The van der Waals surface area contributed by atoms with E-state index in [0.29, 0.717) is 0 Å². The highest BCUT2D eigenvalue weighted by atomic mass is 32.2. The van der Waals surface area contributed by atoms with Gasteiger partial charge in [0.15, 0.2) is 0 Å². The van der Waals surface area contributed by atoms with Crippen molar-refractivity contribution in [2.45, 2.75) is 102 Å². The lowest BCUT2D eigenvalue weighted by Crippen LogP contribution is -2.63. The van der Waals surface area contributed by atoms with E-state index >= 15 is 0 Å². The standard InChI is InChI=1S/C56H54B2N2O2S3/c1-29-9-40-43(10-30(29)2)59(63-3)45-17-37(55-23-31-11-32(24-55)13-33(12-31)25-55)19-48-51(45)57(40)42-21-41-44(22-47(42)61-48)60(64-4)46-18-38(56-26-34-14-35(27-56)16-36(15-34)28-56)20-49-52(46)58(41)54-53(62-49)39-7-5-6-8-50(39)65-54/h5-10,17-22,31-36H,11-16,23-28H2,1-4H3. The second-order valence-corrected chi connectivity index (χ2v) is 25.5. The molecule has 8 bridgehead atoms. The lowest BCUT2D eigenvalue weighted by atomic mass is 9.32. The summed E-state index contributed by atoms with van der Waals surface area (Å²) in [5.41, 5.74) is 18.4. The molecule has 18 rings (SSSR count). The van der Waals surface area contributed by atoms with Crippen LogP contribution in [0.25, 0.3) is 10.1 Å². The summed E-state index contributed by atoms with van der Waals surface area (Å²) >= 11 is 5.65. The summed E-state index contributed by atoms with van der Waals surface area (Å²) < 4.78 is 22.7. The van der Waals surface area contributed by atoms with Gasteiger partial charge in [-0.25, -0.2) is 0 Å². The Labute approximate surface area is 397 Å². The van der Waals surface area contributed by atoms with Crippen LogP contribution in [0.15, 0.2) is 72.8 Å². The molecule has 0 amide bonds. The molecule has 8 saturated carbocycles. The van der Waals surface area contributed by atoms with E-state index in [1.165, 1.54) is 159 Å². The maximum absolute atomic E-state index is 7.56. The highest BCUT2D eigenvalue weighted by Gasteiger charge is 2.55. The SMILES string of the molecule is CSN1c2cc(C)c(C)cc2B2c3cc4c(cc3Oc3cc(C56CC7CC(CC(C7)C5)C6)cc1c32)N(SC)c1cc(C23CC5CC(CC(C5)C2)C3)cc2c1B4c1sc3ccccc3c1O2. The molecule has 8 aliphatic carbocycles. The summed E-state index contributed by atoms with van der Waals surface area (Å²) in [5.74, 6) is 9.56. The summed E-state index contributed by atoms with van der Waals surface area (Å²) in [5, 5.41) is 1.24. The van der Waals surface area contributed by atoms with Crippen LogP contribution in [0.3, 0.4) is 0 Å². The first-order valence-electron chi connectivity index (χ1n) is 24.9. The first kappa shape index (κ1) is 38.1. The van der Waals surface area contributed by atoms with E-state index in [4.69, 9.17) is 9.47 Å². The van der Waals surface area contributed by atoms with E-state index < -0.39 is 0 Å². The molecule has 0 radical (unpaired) electrons. The molecule has 9 heteroatoms. The normalized spacial score (nSPS) is 30.7. The Hall–Kier alpha value is -3.91. The third kappa shape index (κ3) is 5.01. The summed E-state index contributed by atoms with van der Waals surface area (Å²) in [6.07, 6.45) is 21.3. The zero-order valence-corrected chi connectivity index (χ0v) is 40.4. The number of ether oxygens (including phenoxy) is 2. The summed E-state index contributed by atoms with van der Waals surface area (Å²) in [4.78, 5) is 0. The molecular weight excluding hydrogens is 850 g/mol. The van der Waals surface area contributed by atoms with E-state index in [2.05, 4.69) is 108 Å². The molecule has 5 heterocycles. The van der Waals surface area contributed by atoms with Crippen molar-refractivity contribution in [1.29, 1.82) is 0 Å². The van der Waals surface area contributed by atoms with Gasteiger partial charge in [-0.15, -0.1) is 11.3 Å². The molecule has 4 aliphatic heterocycles. The Morgan fingerprint density at radius 2 is 1.05 bits per heavy atom. The van der Waals surface area contributed by atoms with Crippen LogP contribution in [-0.4, -0.2) is 25.9 Å². The maximum atomic E-state index is 7.56. The first-order chi connectivity index (χ1) is 31.7. The van der Waals surface area contributed by atoms with Crippen molar-refractivity contribution in [3.63, 3.8) is 0 Å². The zero-order valence-electron chi connectivity index (χ0n) is 38.0. The van der Waals surface area contributed by atoms with Crippen LogP contribution in [0.5, 0.6) is 23.0 Å². The minimum absolute atomic E-state index is 0.0695. The molecular formula is C56H54B2N2O2S3. The van der Waals surface area contributed by atoms with Crippen LogP contribution in [0.1, 0.15) is 99.3 Å². The van der Waals surface area contributed by atoms with Gasteiger partial charge in [-0.1, -0.05) is 24.3 Å². The molecule has 5 aromatic carbocycles. The van der Waals surface area contributed by atoms with Crippen LogP contribution in [0, 0.1) is 49.4 Å². The summed E-state index contributed by atoms with van der Waals surface area (Å²) in [6, 6.07) is 29.4. The van der Waals surface area contributed by atoms with Gasteiger partial charge in [0.25, 0.3) is 13.4 Å². The van der Waals surface area contributed by atoms with Crippen LogP contribution in [-0.2, 0) is 10.8 Å². The van der Waals surface area contributed by atoms with E-state index in [-0.39, 0.29) is 24.3 Å². The van der Waals surface area contributed by atoms with Crippen molar-refractivity contribution < 1.29 is 9.47 Å². The number of benzene rings is 5. The average Bonchev–Trinajstić information content (AvgIpc) is 3.66. The fourth-order valence-corrected chi connectivity index (χ4v) is 20.2. The van der Waals surface area contributed by atoms with Crippen molar-refractivity contribution >= 4 is 114 Å². The summed E-state index contributed by atoms with van der Waals surface area (Å²) in [6.45, 7) is 4.74. The molecule has 6 aromatic rings. The number of nitrogens with zero attached hydrogens (tertiary/aromatic N) is 2. The van der Waals surface area contributed by atoms with E-state index in [1.807, 2.05) is 35.2 Å². The minimum atomic E-state index is 0.0695. The molecule has 65 heavy (non-hydrogen) atoms. The van der Waals surface area contributed by atoms with Crippen LogP contribution in [0.2, 0.25) is 0 Å². The van der Waals surface area contributed by atoms with E-state index in [9.17, 15) is 0 Å². The van der Waals surface area contributed by atoms with Gasteiger partial charge >= 0.3 is 0 Å². The van der Waals surface area contributed by atoms with E-state index in [1.54, 1.807) is 5.56 Å². The highest BCUT2D eigenvalue weighted by molar-refractivity contribution is 8.00. The Kier molecular flexibility index (Phi) is 7.61. The Balaban J connectivity index is 0.930. The Bertz CT molecular complexity index is 3070. The van der Waals surface area contributed by atoms with Gasteiger partial charge < -0.3 is 9.47 Å². The molecule has 324 valence electrons. The van der Waals surface area contributed by atoms with Crippen molar-refractivity contribution in [3.05, 3.63) is 95.1 Å². The number of rotatable bonds is 4. The third-order valence-corrected chi connectivity index (χ3v) is 22.1. The minimum Gasteiger partial charge on any atom is -0.458 e. The van der Waals surface area contributed by atoms with Crippen molar-refractivity contribution in [2.24, 2.45) is 35.5 Å².